The summed E-state index contributed by atoms with van der Waals surface area (Å²) in [6.45, 7) is -0.620. The molecule has 0 radical (unpaired) electrons. The molecule has 1 atom stereocenters. The predicted molar refractivity (Wildman–Crippen MR) is 113 cm³/mol. The van der Waals surface area contributed by atoms with Gasteiger partial charge in [0, 0.05) is 12.1 Å². The third kappa shape index (κ3) is 3.99. The Morgan fingerprint density at radius 2 is 1.66 bits per heavy atom. The largest absolute Gasteiger partial charge is 0.502 e. The van der Waals surface area contributed by atoms with Crippen LogP contribution in [0.5, 0.6) is 5.75 Å². The monoisotopic (exact) mass is 439 g/mol. The fraction of sp³-hybridized carbons (Fsp3) is 0.522. The molecule has 168 valence electrons. The van der Waals surface area contributed by atoms with Crippen LogP contribution in [0.15, 0.2) is 24.3 Å². The maximum Gasteiger partial charge on any atom is 0.502 e. The number of rotatable bonds is 6. The summed E-state index contributed by atoms with van der Waals surface area (Å²) >= 11 is 0. The lowest BCUT2D eigenvalue weighted by Crippen LogP contribution is -2.60. The van der Waals surface area contributed by atoms with E-state index in [1.54, 1.807) is 24.3 Å². The lowest BCUT2D eigenvalue weighted by Gasteiger charge is -2.25. The lowest BCUT2D eigenvalue weighted by atomic mass is 9.95. The summed E-state index contributed by atoms with van der Waals surface area (Å²) < 4.78 is 7.15. The zero-order valence-electron chi connectivity index (χ0n) is 17.8. The molecule has 9 nitrogen and oxygen atoms in total. The van der Waals surface area contributed by atoms with Crippen LogP contribution in [0.2, 0.25) is 0 Å². The third-order valence-electron chi connectivity index (χ3n) is 6.42. The first-order valence-corrected chi connectivity index (χ1v) is 11.4. The summed E-state index contributed by atoms with van der Waals surface area (Å²) in [6.07, 6.45) is 5.93. The van der Waals surface area contributed by atoms with E-state index in [0.29, 0.717) is 17.0 Å². The molecule has 32 heavy (non-hydrogen) atoms. The van der Waals surface area contributed by atoms with E-state index in [0.717, 1.165) is 43.4 Å². The molecular formula is C23H27N4O5+. The summed E-state index contributed by atoms with van der Waals surface area (Å²) in [6, 6.07) is 6.61. The van der Waals surface area contributed by atoms with Gasteiger partial charge >= 0.3 is 11.9 Å². The molecule has 2 saturated carbocycles. The minimum Gasteiger partial charge on any atom is -0.469 e. The van der Waals surface area contributed by atoms with Crippen molar-refractivity contribution in [2.45, 2.75) is 63.1 Å². The quantitative estimate of drug-likeness (QED) is 0.642. The average Bonchev–Trinajstić information content (AvgIpc) is 3.51. The molecule has 5 amide bonds. The van der Waals surface area contributed by atoms with Crippen molar-refractivity contribution >= 4 is 29.5 Å². The first-order chi connectivity index (χ1) is 15.5. The maximum absolute atomic E-state index is 13.3. The number of imide groups is 1. The molecule has 9 heteroatoms. The number of fused-ring (bicyclic) bond motifs is 3. The smallest absolute Gasteiger partial charge is 0.469 e. The van der Waals surface area contributed by atoms with Crippen molar-refractivity contribution in [3.63, 3.8) is 0 Å². The molecule has 1 unspecified atom stereocenters. The van der Waals surface area contributed by atoms with Gasteiger partial charge in [-0.05, 0) is 37.8 Å². The first kappa shape index (κ1) is 20.7. The average molecular weight is 439 g/mol. The number of ether oxygens (including phenoxy) is 1. The summed E-state index contributed by atoms with van der Waals surface area (Å²) in [5.41, 5.74) is 0.986. The molecule has 0 aromatic heterocycles. The molecule has 2 fully saturated rings. The molecule has 1 aromatic rings. The minimum atomic E-state index is -1.05. The zero-order chi connectivity index (χ0) is 22.2. The number of hydrogen-bond acceptors (Lipinski definition) is 5. The van der Waals surface area contributed by atoms with Crippen molar-refractivity contribution in [3.8, 4) is 5.75 Å². The minimum absolute atomic E-state index is 0.103. The van der Waals surface area contributed by atoms with Crippen LogP contribution in [0, 0.1) is 0 Å². The molecule has 1 aromatic carbocycles. The Morgan fingerprint density at radius 1 is 0.969 bits per heavy atom. The normalized spacial score (nSPS) is 22.9. The number of hydrogen-bond donors (Lipinski definition) is 2. The van der Waals surface area contributed by atoms with Crippen molar-refractivity contribution in [1.29, 1.82) is 0 Å². The molecular weight excluding hydrogens is 412 g/mol. The lowest BCUT2D eigenvalue weighted by molar-refractivity contribution is -0.428. The van der Waals surface area contributed by atoms with E-state index >= 15 is 0 Å². The highest BCUT2D eigenvalue weighted by Gasteiger charge is 2.54. The van der Waals surface area contributed by atoms with Crippen molar-refractivity contribution < 1.29 is 28.5 Å². The molecule has 2 heterocycles. The fourth-order valence-corrected chi connectivity index (χ4v) is 4.65. The first-order valence-electron chi connectivity index (χ1n) is 11.4. The van der Waals surface area contributed by atoms with Gasteiger partial charge in [0.05, 0.1) is 5.56 Å². The van der Waals surface area contributed by atoms with E-state index in [-0.39, 0.29) is 30.4 Å². The highest BCUT2D eigenvalue weighted by Crippen LogP contribution is 2.32. The van der Waals surface area contributed by atoms with Gasteiger partial charge in [0.15, 0.2) is 18.8 Å². The Kier molecular flexibility index (Phi) is 5.40. The summed E-state index contributed by atoms with van der Waals surface area (Å²) in [5, 5.41) is 5.82. The number of carbonyl (C=O) groups excluding carboxylic acids is 4. The van der Waals surface area contributed by atoms with Gasteiger partial charge in [-0.15, -0.1) is 4.90 Å². The zero-order valence-corrected chi connectivity index (χ0v) is 17.8. The van der Waals surface area contributed by atoms with Crippen LogP contribution in [0.1, 0.15) is 50.5 Å². The highest BCUT2D eigenvalue weighted by atomic mass is 16.5. The van der Waals surface area contributed by atoms with E-state index in [1.165, 1.54) is 11.0 Å². The van der Waals surface area contributed by atoms with E-state index in [9.17, 15) is 19.2 Å². The van der Waals surface area contributed by atoms with Crippen LogP contribution in [0.25, 0.3) is 0 Å². The van der Waals surface area contributed by atoms with Gasteiger partial charge in [-0.3, -0.25) is 9.59 Å². The molecule has 0 spiro atoms. The number of benzene rings is 1. The summed E-state index contributed by atoms with van der Waals surface area (Å²) in [4.78, 5) is 52.6. The number of urea groups is 1. The van der Waals surface area contributed by atoms with E-state index in [1.807, 2.05) is 0 Å². The number of nitrogens with one attached hydrogen (secondary N) is 2. The second-order valence-corrected chi connectivity index (χ2v) is 8.92. The van der Waals surface area contributed by atoms with Gasteiger partial charge in [-0.1, -0.05) is 31.4 Å². The number of carbonyl (C=O) groups is 4. The Balaban J connectivity index is 1.42. The van der Waals surface area contributed by atoms with Gasteiger partial charge in [-0.2, -0.15) is 9.37 Å². The molecule has 0 bridgehead atoms. The second kappa shape index (κ2) is 8.37. The second-order valence-electron chi connectivity index (χ2n) is 8.92. The molecule has 4 aliphatic rings. The van der Waals surface area contributed by atoms with E-state index in [4.69, 9.17) is 4.74 Å². The number of nitrogens with zero attached hydrogens (tertiary/aromatic N) is 2. The van der Waals surface area contributed by atoms with E-state index in [2.05, 4.69) is 10.6 Å². The van der Waals surface area contributed by atoms with Crippen LogP contribution >= 0.6 is 0 Å². The molecule has 2 N–H and O–H groups in total. The Labute approximate surface area is 185 Å². The predicted octanol–water partition coefficient (Wildman–Crippen LogP) is 0.939. The molecule has 2 aliphatic heterocycles. The van der Waals surface area contributed by atoms with Crippen molar-refractivity contribution in [1.82, 2.24) is 15.5 Å². The molecule has 2 aliphatic carbocycles. The third-order valence-corrected chi connectivity index (χ3v) is 6.42. The highest BCUT2D eigenvalue weighted by molar-refractivity contribution is 6.22. The molecule has 0 saturated heterocycles. The van der Waals surface area contributed by atoms with Gasteiger partial charge in [0.2, 0.25) is 0 Å². The van der Waals surface area contributed by atoms with Gasteiger partial charge in [-0.25, -0.2) is 4.79 Å². The van der Waals surface area contributed by atoms with Crippen molar-refractivity contribution in [2.24, 2.45) is 0 Å². The topological polar surface area (TPSA) is 108 Å². The summed E-state index contributed by atoms with van der Waals surface area (Å²) in [5.74, 6) is -0.774. The SMILES string of the molecule is O=C(CN1C(=O)C2Oc3ccccc3C2=[N+](CC(=O)NC2CCCCC2)C1=O)NC1CC1. The molecule has 5 rings (SSSR count). The maximum atomic E-state index is 13.3. The van der Waals surface area contributed by atoms with Gasteiger partial charge in [0.25, 0.3) is 17.9 Å². The van der Waals surface area contributed by atoms with Crippen LogP contribution < -0.4 is 15.4 Å². The van der Waals surface area contributed by atoms with E-state index < -0.39 is 24.6 Å². The van der Waals surface area contributed by atoms with Crippen LogP contribution in [-0.4, -0.2) is 70.2 Å². The number of para-hydroxylation sites is 1. The van der Waals surface area contributed by atoms with Crippen LogP contribution in [-0.2, 0) is 14.4 Å². The van der Waals surface area contributed by atoms with Crippen LogP contribution in [0.4, 0.5) is 4.79 Å². The van der Waals surface area contributed by atoms with Crippen LogP contribution in [0.3, 0.4) is 0 Å². The number of amides is 5. The van der Waals surface area contributed by atoms with Gasteiger partial charge in [0.1, 0.15) is 5.75 Å². The Hall–Kier alpha value is -3.23. The fourth-order valence-electron chi connectivity index (χ4n) is 4.65. The van der Waals surface area contributed by atoms with Gasteiger partial charge < -0.3 is 15.4 Å². The standard InChI is InChI=1S/C23H26N4O5/c28-18(24-14-6-2-1-3-7-14)12-26-20-16-8-4-5-9-17(16)32-21(20)22(30)27(23(26)31)13-19(29)25-15-10-11-15/h4-5,8-9,14-15,21H,1-3,6-7,10-13H2,(H-,24,25,28,29)/p+1. The Bertz CT molecular complexity index is 1010. The summed E-state index contributed by atoms with van der Waals surface area (Å²) in [7, 11) is 0. The van der Waals surface area contributed by atoms with Crippen molar-refractivity contribution in [3.05, 3.63) is 29.8 Å². The Morgan fingerprint density at radius 3 is 2.41 bits per heavy atom. The van der Waals surface area contributed by atoms with Crippen molar-refractivity contribution in [2.75, 3.05) is 13.1 Å².